The summed E-state index contributed by atoms with van der Waals surface area (Å²) in [5.41, 5.74) is 5.13. The van der Waals surface area contributed by atoms with Gasteiger partial charge in [-0.15, -0.1) is 0 Å². The molecule has 0 heterocycles. The van der Waals surface area contributed by atoms with E-state index in [0.717, 1.165) is 0 Å². The second-order valence-corrected chi connectivity index (χ2v) is 4.10. The van der Waals surface area contributed by atoms with Gasteiger partial charge in [-0.3, -0.25) is 0 Å². The molecule has 0 fully saturated rings. The molecule has 0 nitrogen and oxygen atoms in total. The maximum absolute atomic E-state index is 2.22. The van der Waals surface area contributed by atoms with Gasteiger partial charge < -0.3 is 0 Å². The van der Waals surface area contributed by atoms with Gasteiger partial charge in [0.1, 0.15) is 0 Å². The molecule has 0 aliphatic heterocycles. The van der Waals surface area contributed by atoms with E-state index in [1.807, 2.05) is 6.07 Å². The first-order chi connectivity index (χ1) is 7.75. The first kappa shape index (κ1) is 13.2. The van der Waals surface area contributed by atoms with Crippen LogP contribution in [0.2, 0.25) is 0 Å². The van der Waals surface area contributed by atoms with Crippen LogP contribution >= 0.6 is 0 Å². The fourth-order valence-electron chi connectivity index (χ4n) is 1.70. The highest BCUT2D eigenvalue weighted by Crippen LogP contribution is 2.17. The van der Waals surface area contributed by atoms with E-state index in [1.54, 1.807) is 0 Å². The van der Waals surface area contributed by atoms with Gasteiger partial charge in [0.05, 0.1) is 0 Å². The van der Waals surface area contributed by atoms with Gasteiger partial charge in [-0.25, -0.2) is 0 Å². The van der Waals surface area contributed by atoms with Crippen molar-refractivity contribution in [3.05, 3.63) is 71.3 Å². The third-order valence-electron chi connectivity index (χ3n) is 2.69. The van der Waals surface area contributed by atoms with Crippen LogP contribution in [0.25, 0.3) is 11.6 Å². The number of hydrogen-bond acceptors (Lipinski definition) is 0. The summed E-state index contributed by atoms with van der Waals surface area (Å²) in [6.45, 7) is 4.26. The molecule has 0 unspecified atom stereocenters. The van der Waals surface area contributed by atoms with Crippen LogP contribution in [0.5, 0.6) is 0 Å². The first-order valence-electron chi connectivity index (χ1n) is 5.56. The van der Waals surface area contributed by atoms with Crippen molar-refractivity contribution in [1.29, 1.82) is 0 Å². The predicted octanol–water partition coefficient (Wildman–Crippen LogP) is 5.19. The minimum Gasteiger partial charge on any atom is -0.0776 e. The average Bonchev–Trinajstić information content (AvgIpc) is 2.33. The van der Waals surface area contributed by atoms with Crippen molar-refractivity contribution >= 4 is 11.6 Å². The molecule has 17 heavy (non-hydrogen) atoms. The Bertz CT molecular complexity index is 475. The van der Waals surface area contributed by atoms with Gasteiger partial charge in [0.15, 0.2) is 0 Å². The lowest BCUT2D eigenvalue weighted by atomic mass is 10.0. The van der Waals surface area contributed by atoms with Crippen LogP contribution in [-0.2, 0) is 0 Å². The van der Waals surface area contributed by atoms with Gasteiger partial charge in [-0.05, 0) is 30.5 Å². The van der Waals surface area contributed by atoms with E-state index in [4.69, 9.17) is 0 Å². The third kappa shape index (κ3) is 3.60. The Morgan fingerprint density at radius 1 is 0.882 bits per heavy atom. The molecular formula is C17H20. The van der Waals surface area contributed by atoms with Gasteiger partial charge in [0.25, 0.3) is 0 Å². The molecule has 88 valence electrons. The summed E-state index contributed by atoms with van der Waals surface area (Å²) < 4.78 is 0. The van der Waals surface area contributed by atoms with Crippen molar-refractivity contribution in [2.45, 2.75) is 21.3 Å². The SMILES string of the molecule is C.C/C(=C\c1ccc(C)cc1)c1ccccc1. The largest absolute Gasteiger partial charge is 0.0776 e. The quantitative estimate of drug-likeness (QED) is 0.616. The second kappa shape index (κ2) is 6.05. The Morgan fingerprint density at radius 2 is 1.47 bits per heavy atom. The topological polar surface area (TPSA) is 0 Å². The summed E-state index contributed by atoms with van der Waals surface area (Å²) in [5.74, 6) is 0. The highest BCUT2D eigenvalue weighted by atomic mass is 14.0. The van der Waals surface area contributed by atoms with Crippen molar-refractivity contribution in [2.24, 2.45) is 0 Å². The highest BCUT2D eigenvalue weighted by Gasteiger charge is 1.94. The summed E-state index contributed by atoms with van der Waals surface area (Å²) >= 11 is 0. The van der Waals surface area contributed by atoms with E-state index in [9.17, 15) is 0 Å². The normalized spacial score (nSPS) is 10.8. The molecular weight excluding hydrogens is 204 g/mol. The molecule has 2 aromatic rings. The Labute approximate surface area is 105 Å². The van der Waals surface area contributed by atoms with Crippen molar-refractivity contribution < 1.29 is 0 Å². The van der Waals surface area contributed by atoms with Crippen LogP contribution in [0.15, 0.2) is 54.6 Å². The Hall–Kier alpha value is -1.82. The van der Waals surface area contributed by atoms with Gasteiger partial charge in [0.2, 0.25) is 0 Å². The van der Waals surface area contributed by atoms with Crippen LogP contribution in [0.1, 0.15) is 31.0 Å². The Morgan fingerprint density at radius 3 is 2.06 bits per heavy atom. The summed E-state index contributed by atoms with van der Waals surface area (Å²) in [7, 11) is 0. The number of hydrogen-bond donors (Lipinski definition) is 0. The smallest absolute Gasteiger partial charge is 0.0227 e. The summed E-state index contributed by atoms with van der Waals surface area (Å²) in [5, 5.41) is 0. The molecule has 0 heteroatoms. The van der Waals surface area contributed by atoms with E-state index >= 15 is 0 Å². The van der Waals surface area contributed by atoms with Crippen LogP contribution in [0, 0.1) is 6.92 Å². The average molecular weight is 224 g/mol. The number of allylic oxidation sites excluding steroid dienone is 1. The van der Waals surface area contributed by atoms with Gasteiger partial charge in [0, 0.05) is 0 Å². The van der Waals surface area contributed by atoms with E-state index in [2.05, 4.69) is 68.5 Å². The zero-order valence-electron chi connectivity index (χ0n) is 9.77. The minimum atomic E-state index is 0. The second-order valence-electron chi connectivity index (χ2n) is 4.10. The third-order valence-corrected chi connectivity index (χ3v) is 2.69. The molecule has 0 aliphatic carbocycles. The molecule has 0 aliphatic rings. The zero-order chi connectivity index (χ0) is 11.4. The molecule has 0 aromatic heterocycles. The summed E-state index contributed by atoms with van der Waals surface area (Å²) in [6, 6.07) is 19.1. The maximum Gasteiger partial charge on any atom is -0.0227 e. The number of aryl methyl sites for hydroxylation is 1. The van der Waals surface area contributed by atoms with Crippen molar-refractivity contribution in [1.82, 2.24) is 0 Å². The van der Waals surface area contributed by atoms with Crippen molar-refractivity contribution in [2.75, 3.05) is 0 Å². The van der Waals surface area contributed by atoms with E-state index in [-0.39, 0.29) is 7.43 Å². The maximum atomic E-state index is 2.22. The number of benzene rings is 2. The summed E-state index contributed by atoms with van der Waals surface area (Å²) in [4.78, 5) is 0. The Kier molecular flexibility index (Phi) is 4.71. The van der Waals surface area contributed by atoms with Crippen LogP contribution in [0.3, 0.4) is 0 Å². The molecule has 0 saturated carbocycles. The van der Waals surface area contributed by atoms with Crippen LogP contribution < -0.4 is 0 Å². The molecule has 0 spiro atoms. The van der Waals surface area contributed by atoms with Crippen molar-refractivity contribution in [3.63, 3.8) is 0 Å². The molecule has 0 amide bonds. The molecule has 0 N–H and O–H groups in total. The monoisotopic (exact) mass is 224 g/mol. The molecule has 2 rings (SSSR count). The zero-order valence-corrected chi connectivity index (χ0v) is 9.77. The van der Waals surface area contributed by atoms with E-state index < -0.39 is 0 Å². The van der Waals surface area contributed by atoms with E-state index in [0.29, 0.717) is 0 Å². The standard InChI is InChI=1S/C16H16.CH4/c1-13-8-10-15(11-9-13)12-14(2)16-6-4-3-5-7-16;/h3-12H,1-2H3;1H4/b14-12+;. The summed E-state index contributed by atoms with van der Waals surface area (Å²) in [6.07, 6.45) is 2.22. The van der Waals surface area contributed by atoms with Crippen LogP contribution in [-0.4, -0.2) is 0 Å². The molecule has 0 bridgehead atoms. The molecule has 2 aromatic carbocycles. The fourth-order valence-corrected chi connectivity index (χ4v) is 1.70. The first-order valence-corrected chi connectivity index (χ1v) is 5.56. The number of rotatable bonds is 2. The molecule has 0 saturated heterocycles. The predicted molar refractivity (Wildman–Crippen MR) is 77.9 cm³/mol. The lowest BCUT2D eigenvalue weighted by Gasteiger charge is -2.01. The molecule has 0 atom stereocenters. The van der Waals surface area contributed by atoms with Gasteiger partial charge in [-0.2, -0.15) is 0 Å². The van der Waals surface area contributed by atoms with E-state index in [1.165, 1.54) is 22.3 Å². The van der Waals surface area contributed by atoms with Crippen molar-refractivity contribution in [3.8, 4) is 0 Å². The highest BCUT2D eigenvalue weighted by molar-refractivity contribution is 5.80. The van der Waals surface area contributed by atoms with Gasteiger partial charge in [-0.1, -0.05) is 73.7 Å². The lowest BCUT2D eigenvalue weighted by molar-refractivity contribution is 1.46. The Balaban J connectivity index is 0.00000144. The molecule has 0 radical (unpaired) electrons. The fraction of sp³-hybridized carbons (Fsp3) is 0.176. The van der Waals surface area contributed by atoms with Crippen LogP contribution in [0.4, 0.5) is 0 Å². The van der Waals surface area contributed by atoms with Gasteiger partial charge >= 0.3 is 0 Å². The lowest BCUT2D eigenvalue weighted by Crippen LogP contribution is -1.79. The minimum absolute atomic E-state index is 0.